The van der Waals surface area contributed by atoms with Crippen molar-refractivity contribution in [3.05, 3.63) is 33.8 Å². The van der Waals surface area contributed by atoms with Crippen molar-refractivity contribution in [3.63, 3.8) is 0 Å². The average molecular weight is 257 g/mol. The van der Waals surface area contributed by atoms with Gasteiger partial charge in [0, 0.05) is 18.0 Å². The molecule has 2 atom stereocenters. The Morgan fingerprint density at radius 3 is 2.93 bits per heavy atom. The van der Waals surface area contributed by atoms with Crippen molar-refractivity contribution in [2.45, 2.75) is 25.0 Å². The van der Waals surface area contributed by atoms with Gasteiger partial charge >= 0.3 is 0 Å². The number of benzene rings is 1. The van der Waals surface area contributed by atoms with Crippen LogP contribution in [0.4, 0.5) is 0 Å². The lowest BCUT2D eigenvalue weighted by molar-refractivity contribution is -0.0837. The predicted octanol–water partition coefficient (Wildman–Crippen LogP) is 2.23. The van der Waals surface area contributed by atoms with Gasteiger partial charge in [-0.2, -0.15) is 0 Å². The first-order valence-electron chi connectivity index (χ1n) is 4.60. The highest BCUT2D eigenvalue weighted by Crippen LogP contribution is 2.40. The molecular weight excluding hydrogens is 244 g/mol. The second kappa shape index (κ2) is 3.33. The fourth-order valence-electron chi connectivity index (χ4n) is 2.02. The van der Waals surface area contributed by atoms with Crippen LogP contribution in [0.1, 0.15) is 18.1 Å². The maximum absolute atomic E-state index is 9.92. The highest BCUT2D eigenvalue weighted by molar-refractivity contribution is 9.10. The first kappa shape index (κ1) is 10.1. The maximum Gasteiger partial charge on any atom is 0.116 e. The van der Waals surface area contributed by atoms with Crippen molar-refractivity contribution in [2.75, 3.05) is 7.11 Å². The normalized spacial score (nSPS) is 30.4. The zero-order valence-electron chi connectivity index (χ0n) is 8.25. The Morgan fingerprint density at radius 2 is 2.29 bits per heavy atom. The molecule has 0 aromatic heterocycles. The van der Waals surface area contributed by atoms with E-state index in [0.29, 0.717) is 6.42 Å². The number of aliphatic hydroxyl groups excluding tert-OH is 1. The van der Waals surface area contributed by atoms with Crippen LogP contribution < -0.4 is 0 Å². The SMILES string of the molecule is COC1(C)c2cc(Br)ccc2CC1O. The van der Waals surface area contributed by atoms with Gasteiger partial charge in [0.2, 0.25) is 0 Å². The van der Waals surface area contributed by atoms with Gasteiger partial charge in [-0.05, 0) is 30.2 Å². The monoisotopic (exact) mass is 256 g/mol. The van der Waals surface area contributed by atoms with Gasteiger partial charge in [0.1, 0.15) is 5.60 Å². The molecule has 1 aliphatic carbocycles. The van der Waals surface area contributed by atoms with E-state index in [4.69, 9.17) is 4.74 Å². The first-order valence-corrected chi connectivity index (χ1v) is 5.39. The van der Waals surface area contributed by atoms with Crippen molar-refractivity contribution >= 4 is 15.9 Å². The van der Waals surface area contributed by atoms with E-state index < -0.39 is 11.7 Å². The molecule has 0 heterocycles. The number of ether oxygens (including phenoxy) is 1. The minimum atomic E-state index is -0.556. The van der Waals surface area contributed by atoms with Gasteiger partial charge in [0.15, 0.2) is 0 Å². The van der Waals surface area contributed by atoms with E-state index in [1.165, 1.54) is 5.56 Å². The van der Waals surface area contributed by atoms with Crippen molar-refractivity contribution in [1.29, 1.82) is 0 Å². The summed E-state index contributed by atoms with van der Waals surface area (Å²) in [5.41, 5.74) is 1.70. The molecule has 2 rings (SSSR count). The lowest BCUT2D eigenvalue weighted by atomic mass is 9.96. The van der Waals surface area contributed by atoms with E-state index in [0.717, 1.165) is 10.0 Å². The summed E-state index contributed by atoms with van der Waals surface area (Å²) in [6.07, 6.45) is 0.226. The van der Waals surface area contributed by atoms with Crippen LogP contribution in [-0.2, 0) is 16.8 Å². The Hall–Kier alpha value is -0.380. The molecule has 2 nitrogen and oxygen atoms in total. The molecule has 0 amide bonds. The van der Waals surface area contributed by atoms with E-state index in [9.17, 15) is 5.11 Å². The Bertz CT molecular complexity index is 364. The fraction of sp³-hybridized carbons (Fsp3) is 0.455. The van der Waals surface area contributed by atoms with Crippen LogP contribution in [0.25, 0.3) is 0 Å². The van der Waals surface area contributed by atoms with Gasteiger partial charge in [0.25, 0.3) is 0 Å². The molecule has 0 bridgehead atoms. The van der Waals surface area contributed by atoms with E-state index in [2.05, 4.69) is 15.9 Å². The van der Waals surface area contributed by atoms with Gasteiger partial charge in [-0.25, -0.2) is 0 Å². The molecule has 0 fully saturated rings. The first-order chi connectivity index (χ1) is 6.58. The molecular formula is C11H13BrO2. The highest BCUT2D eigenvalue weighted by Gasteiger charge is 2.42. The Morgan fingerprint density at radius 1 is 1.57 bits per heavy atom. The smallest absolute Gasteiger partial charge is 0.116 e. The zero-order valence-corrected chi connectivity index (χ0v) is 9.84. The molecule has 1 aliphatic rings. The second-order valence-electron chi connectivity index (χ2n) is 3.83. The standard InChI is InChI=1S/C11H13BrO2/c1-11(14-2)9-6-8(12)4-3-7(9)5-10(11)13/h3-4,6,10,13H,5H2,1-2H3. The Balaban J connectivity index is 2.55. The van der Waals surface area contributed by atoms with Crippen LogP contribution in [0.3, 0.4) is 0 Å². The fourth-order valence-corrected chi connectivity index (χ4v) is 2.38. The molecule has 0 saturated heterocycles. The Labute approximate surface area is 92.0 Å². The molecule has 0 radical (unpaired) electrons. The topological polar surface area (TPSA) is 29.5 Å². The summed E-state index contributed by atoms with van der Waals surface area (Å²) in [6, 6.07) is 6.05. The summed E-state index contributed by atoms with van der Waals surface area (Å²) in [5.74, 6) is 0. The Kier molecular flexibility index (Phi) is 2.41. The van der Waals surface area contributed by atoms with Crippen molar-refractivity contribution < 1.29 is 9.84 Å². The van der Waals surface area contributed by atoms with Crippen LogP contribution in [0.5, 0.6) is 0 Å². The second-order valence-corrected chi connectivity index (χ2v) is 4.75. The third-order valence-electron chi connectivity index (χ3n) is 3.08. The van der Waals surface area contributed by atoms with Crippen LogP contribution in [-0.4, -0.2) is 18.3 Å². The summed E-state index contributed by atoms with van der Waals surface area (Å²) in [5, 5.41) is 9.92. The number of fused-ring (bicyclic) bond motifs is 1. The summed E-state index contributed by atoms with van der Waals surface area (Å²) in [7, 11) is 1.64. The molecule has 1 N–H and O–H groups in total. The number of hydrogen-bond acceptors (Lipinski definition) is 2. The number of methoxy groups -OCH3 is 1. The number of rotatable bonds is 1. The van der Waals surface area contributed by atoms with E-state index >= 15 is 0 Å². The lowest BCUT2D eigenvalue weighted by Crippen LogP contribution is -2.34. The zero-order chi connectivity index (χ0) is 10.3. The van der Waals surface area contributed by atoms with Crippen molar-refractivity contribution in [3.8, 4) is 0 Å². The summed E-state index contributed by atoms with van der Waals surface area (Å²) < 4.78 is 6.44. The van der Waals surface area contributed by atoms with E-state index in [-0.39, 0.29) is 0 Å². The van der Waals surface area contributed by atoms with Crippen LogP contribution in [0, 0.1) is 0 Å². The van der Waals surface area contributed by atoms with Crippen molar-refractivity contribution in [2.24, 2.45) is 0 Å². The average Bonchev–Trinajstić information content (AvgIpc) is 2.41. The van der Waals surface area contributed by atoms with Gasteiger partial charge in [-0.15, -0.1) is 0 Å². The minimum Gasteiger partial charge on any atom is -0.389 e. The number of halogens is 1. The predicted molar refractivity (Wildman–Crippen MR) is 58.2 cm³/mol. The largest absolute Gasteiger partial charge is 0.389 e. The molecule has 76 valence electrons. The van der Waals surface area contributed by atoms with E-state index in [1.54, 1.807) is 7.11 Å². The highest BCUT2D eigenvalue weighted by atomic mass is 79.9. The van der Waals surface area contributed by atoms with Crippen molar-refractivity contribution in [1.82, 2.24) is 0 Å². The molecule has 2 unspecified atom stereocenters. The molecule has 0 saturated carbocycles. The third kappa shape index (κ3) is 1.31. The lowest BCUT2D eigenvalue weighted by Gasteiger charge is -2.27. The van der Waals surface area contributed by atoms with Crippen LogP contribution in [0.2, 0.25) is 0 Å². The van der Waals surface area contributed by atoms with Gasteiger partial charge in [-0.1, -0.05) is 22.0 Å². The minimum absolute atomic E-state index is 0.447. The molecule has 3 heteroatoms. The molecule has 0 aliphatic heterocycles. The molecule has 14 heavy (non-hydrogen) atoms. The molecule has 0 spiro atoms. The van der Waals surface area contributed by atoms with Crippen LogP contribution in [0.15, 0.2) is 22.7 Å². The summed E-state index contributed by atoms with van der Waals surface area (Å²) in [4.78, 5) is 0. The molecule has 1 aromatic carbocycles. The number of aliphatic hydroxyl groups is 1. The van der Waals surface area contributed by atoms with Gasteiger partial charge < -0.3 is 9.84 Å². The quantitative estimate of drug-likeness (QED) is 0.835. The molecule has 1 aromatic rings. The van der Waals surface area contributed by atoms with Gasteiger partial charge in [-0.3, -0.25) is 0 Å². The third-order valence-corrected chi connectivity index (χ3v) is 3.57. The summed E-state index contributed by atoms with van der Waals surface area (Å²) in [6.45, 7) is 1.93. The van der Waals surface area contributed by atoms with E-state index in [1.807, 2.05) is 25.1 Å². The summed E-state index contributed by atoms with van der Waals surface area (Å²) >= 11 is 3.43. The number of hydrogen-bond donors (Lipinski definition) is 1. The van der Waals surface area contributed by atoms with Gasteiger partial charge in [0.05, 0.1) is 6.10 Å². The maximum atomic E-state index is 9.92. The van der Waals surface area contributed by atoms with Crippen LogP contribution >= 0.6 is 15.9 Å².